The standard InChI is InChI=1S/C15H11NO4S2/c17-21(18,13-8-2-1-3-9-13)22(19,20)14-10-4-6-12-7-5-11-16-15(12)14/h1-11H. The molecule has 0 aliphatic rings. The second-order valence-corrected chi connectivity index (χ2v) is 9.91. The van der Waals surface area contributed by atoms with Gasteiger partial charge in [-0.25, -0.2) is 16.8 Å². The van der Waals surface area contributed by atoms with Crippen LogP contribution in [-0.4, -0.2) is 21.8 Å². The van der Waals surface area contributed by atoms with Gasteiger partial charge < -0.3 is 0 Å². The van der Waals surface area contributed by atoms with Crippen LogP contribution < -0.4 is 0 Å². The van der Waals surface area contributed by atoms with Crippen molar-refractivity contribution in [3.8, 4) is 0 Å². The quantitative estimate of drug-likeness (QED) is 0.688. The average Bonchev–Trinajstić information content (AvgIpc) is 2.55. The number of pyridine rings is 1. The topological polar surface area (TPSA) is 81.2 Å². The normalized spacial score (nSPS) is 12.4. The van der Waals surface area contributed by atoms with Gasteiger partial charge in [0.2, 0.25) is 0 Å². The van der Waals surface area contributed by atoms with Crippen molar-refractivity contribution >= 4 is 28.6 Å². The monoisotopic (exact) mass is 333 g/mol. The Morgan fingerprint density at radius 2 is 1.36 bits per heavy atom. The Kier molecular flexibility index (Phi) is 3.46. The largest absolute Gasteiger partial charge is 0.288 e. The summed E-state index contributed by atoms with van der Waals surface area (Å²) in [5.74, 6) is 0. The molecule has 0 aliphatic heterocycles. The van der Waals surface area contributed by atoms with E-state index in [1.807, 2.05) is 0 Å². The van der Waals surface area contributed by atoms with Crippen LogP contribution in [0.2, 0.25) is 0 Å². The molecule has 1 aromatic heterocycles. The third-order valence-corrected chi connectivity index (χ3v) is 8.33. The number of rotatable bonds is 3. The van der Waals surface area contributed by atoms with Crippen molar-refractivity contribution in [2.45, 2.75) is 9.79 Å². The lowest BCUT2D eigenvalue weighted by Gasteiger charge is -2.08. The van der Waals surface area contributed by atoms with Crippen molar-refractivity contribution in [3.63, 3.8) is 0 Å². The minimum absolute atomic E-state index is 0.143. The summed E-state index contributed by atoms with van der Waals surface area (Å²) in [4.78, 5) is 3.44. The van der Waals surface area contributed by atoms with Crippen molar-refractivity contribution in [1.82, 2.24) is 4.98 Å². The molecule has 3 rings (SSSR count). The van der Waals surface area contributed by atoms with Gasteiger partial charge in [-0.05, 0) is 24.3 Å². The molecule has 0 fully saturated rings. The molecule has 7 heteroatoms. The molecule has 0 N–H and O–H groups in total. The highest BCUT2D eigenvalue weighted by molar-refractivity contribution is 8.67. The Bertz CT molecular complexity index is 1040. The van der Waals surface area contributed by atoms with Crippen molar-refractivity contribution < 1.29 is 16.8 Å². The maximum atomic E-state index is 12.6. The van der Waals surface area contributed by atoms with Gasteiger partial charge in [-0.3, -0.25) is 4.98 Å². The molecule has 112 valence electrons. The Hall–Kier alpha value is -2.25. The zero-order chi connectivity index (χ0) is 15.8. The second kappa shape index (κ2) is 5.19. The van der Waals surface area contributed by atoms with Crippen LogP contribution in [0.3, 0.4) is 0 Å². The second-order valence-electron chi connectivity index (χ2n) is 4.55. The number of nitrogens with zero attached hydrogens (tertiary/aromatic N) is 1. The van der Waals surface area contributed by atoms with E-state index in [0.29, 0.717) is 5.39 Å². The molecule has 0 aliphatic carbocycles. The summed E-state index contributed by atoms with van der Waals surface area (Å²) in [6.45, 7) is 0. The van der Waals surface area contributed by atoms with Gasteiger partial charge in [-0.15, -0.1) is 0 Å². The fraction of sp³-hybridized carbons (Fsp3) is 0. The zero-order valence-electron chi connectivity index (χ0n) is 11.2. The van der Waals surface area contributed by atoms with Crippen LogP contribution in [0.5, 0.6) is 0 Å². The fourth-order valence-electron chi connectivity index (χ4n) is 2.11. The van der Waals surface area contributed by atoms with E-state index in [4.69, 9.17) is 0 Å². The lowest BCUT2D eigenvalue weighted by molar-refractivity contribution is 0.583. The first-order valence-corrected chi connectivity index (χ1v) is 9.82. The summed E-state index contributed by atoms with van der Waals surface area (Å²) in [6.07, 6.45) is 1.43. The summed E-state index contributed by atoms with van der Waals surface area (Å²) < 4.78 is 50.2. The first-order chi connectivity index (χ1) is 10.4. The van der Waals surface area contributed by atoms with Crippen molar-refractivity contribution in [3.05, 3.63) is 66.9 Å². The molecule has 0 saturated carbocycles. The van der Waals surface area contributed by atoms with Crippen LogP contribution in [-0.2, 0) is 17.7 Å². The smallest absolute Gasteiger partial charge is 0.255 e. The number of hydrogen-bond acceptors (Lipinski definition) is 5. The van der Waals surface area contributed by atoms with Crippen molar-refractivity contribution in [1.29, 1.82) is 0 Å². The van der Waals surface area contributed by atoms with E-state index in [1.54, 1.807) is 24.3 Å². The summed E-state index contributed by atoms with van der Waals surface area (Å²) in [5.41, 5.74) is 0.143. The van der Waals surface area contributed by atoms with E-state index >= 15 is 0 Å². The van der Waals surface area contributed by atoms with Crippen LogP contribution in [0.15, 0.2) is 76.7 Å². The molecule has 0 amide bonds. The summed E-state index contributed by atoms with van der Waals surface area (Å²) in [7, 11) is -9.16. The molecule has 0 bridgehead atoms. The van der Waals surface area contributed by atoms with Gasteiger partial charge in [0.1, 0.15) is 4.90 Å². The van der Waals surface area contributed by atoms with E-state index in [-0.39, 0.29) is 15.3 Å². The van der Waals surface area contributed by atoms with Crippen LogP contribution >= 0.6 is 0 Å². The third-order valence-electron chi connectivity index (χ3n) is 3.19. The highest BCUT2D eigenvalue weighted by Crippen LogP contribution is 2.28. The Balaban J connectivity index is 2.30. The molecule has 0 atom stereocenters. The third kappa shape index (κ3) is 2.18. The van der Waals surface area contributed by atoms with Gasteiger partial charge in [-0.1, -0.05) is 36.4 Å². The summed E-state index contributed by atoms with van der Waals surface area (Å²) in [6, 6.07) is 14.8. The van der Waals surface area contributed by atoms with Crippen LogP contribution in [0, 0.1) is 0 Å². The van der Waals surface area contributed by atoms with Gasteiger partial charge in [0.05, 0.1) is 10.4 Å². The molecular formula is C15H11NO4S2. The number of para-hydroxylation sites is 1. The first kappa shape index (κ1) is 14.7. The predicted octanol–water partition coefficient (Wildman–Crippen LogP) is 2.40. The molecular weight excluding hydrogens is 322 g/mol. The van der Waals surface area contributed by atoms with Crippen LogP contribution in [0.1, 0.15) is 0 Å². The molecule has 2 aromatic carbocycles. The van der Waals surface area contributed by atoms with Crippen LogP contribution in [0.4, 0.5) is 0 Å². The zero-order valence-corrected chi connectivity index (χ0v) is 12.9. The Morgan fingerprint density at radius 3 is 2.09 bits per heavy atom. The number of hydrogen-bond donors (Lipinski definition) is 0. The van der Waals surface area contributed by atoms with Gasteiger partial charge in [-0.2, -0.15) is 0 Å². The molecule has 0 radical (unpaired) electrons. The highest BCUT2D eigenvalue weighted by atomic mass is 33.2. The predicted molar refractivity (Wildman–Crippen MR) is 82.6 cm³/mol. The van der Waals surface area contributed by atoms with Crippen molar-refractivity contribution in [2.75, 3.05) is 0 Å². The maximum Gasteiger partial charge on any atom is 0.288 e. The van der Waals surface area contributed by atoms with Gasteiger partial charge in [0, 0.05) is 11.6 Å². The minimum Gasteiger partial charge on any atom is -0.255 e. The number of benzene rings is 2. The average molecular weight is 333 g/mol. The van der Waals surface area contributed by atoms with Gasteiger partial charge >= 0.3 is 0 Å². The molecule has 1 heterocycles. The van der Waals surface area contributed by atoms with E-state index in [9.17, 15) is 16.8 Å². The molecule has 5 nitrogen and oxygen atoms in total. The Morgan fingerprint density at radius 1 is 0.682 bits per heavy atom. The SMILES string of the molecule is O=S(=O)(c1ccccc1)S(=O)(=O)c1cccc2cccnc12. The molecule has 22 heavy (non-hydrogen) atoms. The number of aromatic nitrogens is 1. The summed E-state index contributed by atoms with van der Waals surface area (Å²) >= 11 is 0. The lowest BCUT2D eigenvalue weighted by atomic mass is 10.2. The molecule has 0 saturated heterocycles. The van der Waals surface area contributed by atoms with E-state index < -0.39 is 17.7 Å². The highest BCUT2D eigenvalue weighted by Gasteiger charge is 2.35. The van der Waals surface area contributed by atoms with Gasteiger partial charge in [0.15, 0.2) is 0 Å². The molecule has 3 aromatic rings. The van der Waals surface area contributed by atoms with E-state index in [0.717, 1.165) is 0 Å². The van der Waals surface area contributed by atoms with E-state index in [1.165, 1.54) is 42.6 Å². The number of fused-ring (bicyclic) bond motifs is 1. The van der Waals surface area contributed by atoms with Crippen LogP contribution in [0.25, 0.3) is 10.9 Å². The van der Waals surface area contributed by atoms with Gasteiger partial charge in [0.25, 0.3) is 17.7 Å². The minimum atomic E-state index is -4.61. The van der Waals surface area contributed by atoms with Crippen molar-refractivity contribution in [2.24, 2.45) is 0 Å². The molecule has 0 unspecified atom stereocenters. The van der Waals surface area contributed by atoms with E-state index in [2.05, 4.69) is 4.98 Å². The molecule has 0 spiro atoms. The lowest BCUT2D eigenvalue weighted by Crippen LogP contribution is -2.16. The first-order valence-electron chi connectivity index (χ1n) is 6.33. The Labute approximate surface area is 127 Å². The maximum absolute atomic E-state index is 12.6. The summed E-state index contributed by atoms with van der Waals surface area (Å²) in [5, 5.41) is 0.562. The fourth-order valence-corrected chi connectivity index (χ4v) is 5.95.